The maximum atomic E-state index is 2.56. The van der Waals surface area contributed by atoms with Crippen LogP contribution < -0.4 is 0 Å². The van der Waals surface area contributed by atoms with Crippen molar-refractivity contribution >= 4 is 0 Å². The Kier molecular flexibility index (Phi) is 2.60. The molecule has 114 valence electrons. The van der Waals surface area contributed by atoms with Crippen molar-refractivity contribution in [1.82, 2.24) is 0 Å². The van der Waals surface area contributed by atoms with E-state index >= 15 is 0 Å². The molecule has 21 heavy (non-hydrogen) atoms. The van der Waals surface area contributed by atoms with Crippen LogP contribution in [0.15, 0.2) is 6.07 Å². The zero-order chi connectivity index (χ0) is 15.3. The van der Waals surface area contributed by atoms with Crippen LogP contribution in [-0.2, 0) is 5.41 Å². The van der Waals surface area contributed by atoms with Crippen molar-refractivity contribution in [2.45, 2.75) is 66.2 Å². The molecule has 4 bridgehead atoms. The second-order valence-corrected chi connectivity index (χ2v) is 8.64. The molecule has 2 fully saturated rings. The summed E-state index contributed by atoms with van der Waals surface area (Å²) in [5, 5.41) is 0. The highest BCUT2D eigenvalue weighted by atomic mass is 14.7. The van der Waals surface area contributed by atoms with Crippen molar-refractivity contribution in [3.05, 3.63) is 33.9 Å². The third-order valence-corrected chi connectivity index (χ3v) is 8.33. The average molecular weight is 282 g/mol. The molecule has 0 heteroatoms. The summed E-state index contributed by atoms with van der Waals surface area (Å²) in [5.41, 5.74) is 8.66. The molecule has 0 heterocycles. The maximum Gasteiger partial charge on any atom is 0.00261 e. The summed E-state index contributed by atoms with van der Waals surface area (Å²) >= 11 is 0. The molecule has 7 atom stereocenters. The molecule has 0 amide bonds. The van der Waals surface area contributed by atoms with Crippen molar-refractivity contribution in [1.29, 1.82) is 0 Å². The van der Waals surface area contributed by atoms with Crippen LogP contribution in [0.1, 0.15) is 67.9 Å². The molecule has 0 nitrogen and oxygen atoms in total. The molecule has 1 aromatic carbocycles. The Labute approximate surface area is 130 Å². The highest BCUT2D eigenvalue weighted by Gasteiger charge is 2.66. The summed E-state index contributed by atoms with van der Waals surface area (Å²) in [7, 11) is 0. The predicted octanol–water partition coefficient (Wildman–Crippen LogP) is 5.52. The number of aryl methyl sites for hydroxylation is 1. The zero-order valence-electron chi connectivity index (χ0n) is 14.7. The van der Waals surface area contributed by atoms with Gasteiger partial charge in [0, 0.05) is 5.41 Å². The van der Waals surface area contributed by atoms with Gasteiger partial charge in [0.25, 0.3) is 0 Å². The number of fused-ring (bicyclic) bond motifs is 3. The van der Waals surface area contributed by atoms with Crippen molar-refractivity contribution in [3.8, 4) is 0 Å². The van der Waals surface area contributed by atoms with Gasteiger partial charge in [0.15, 0.2) is 0 Å². The Morgan fingerprint density at radius 3 is 2.29 bits per heavy atom. The van der Waals surface area contributed by atoms with Gasteiger partial charge in [-0.1, -0.05) is 33.8 Å². The van der Waals surface area contributed by atoms with Gasteiger partial charge in [-0.05, 0) is 90.5 Å². The molecule has 3 aliphatic carbocycles. The van der Waals surface area contributed by atoms with Crippen LogP contribution in [0.25, 0.3) is 0 Å². The van der Waals surface area contributed by atoms with Gasteiger partial charge in [0.1, 0.15) is 0 Å². The van der Waals surface area contributed by atoms with E-state index in [4.69, 9.17) is 0 Å². The second-order valence-electron chi connectivity index (χ2n) is 8.64. The van der Waals surface area contributed by atoms with Crippen LogP contribution in [0.3, 0.4) is 0 Å². The lowest BCUT2D eigenvalue weighted by Crippen LogP contribution is -2.48. The van der Waals surface area contributed by atoms with E-state index in [1.807, 2.05) is 0 Å². The molecule has 4 rings (SSSR count). The lowest BCUT2D eigenvalue weighted by molar-refractivity contribution is 0.0771. The lowest BCUT2D eigenvalue weighted by atomic mass is 9.51. The summed E-state index contributed by atoms with van der Waals surface area (Å²) in [6.07, 6.45) is 1.45. The van der Waals surface area contributed by atoms with Crippen molar-refractivity contribution in [2.24, 2.45) is 29.6 Å². The van der Waals surface area contributed by atoms with Crippen LogP contribution >= 0.6 is 0 Å². The molecule has 0 radical (unpaired) electrons. The first-order valence-corrected chi connectivity index (χ1v) is 8.93. The smallest absolute Gasteiger partial charge is 0.00261 e. The molecular formula is C21H30. The standard InChI is InChI=1S/C21H30/c1-10-8-17-13(4)19(11(10)2)21-9-18(12(3)16(21)7)15(6)20(21)14(17)5/h8,12,14-16,18,20H,9H2,1-7H3. The predicted molar refractivity (Wildman–Crippen MR) is 89.8 cm³/mol. The zero-order valence-corrected chi connectivity index (χ0v) is 14.7. The first-order valence-electron chi connectivity index (χ1n) is 8.93. The van der Waals surface area contributed by atoms with Gasteiger partial charge in [0.05, 0.1) is 0 Å². The molecule has 1 aromatic rings. The molecule has 3 aliphatic rings. The topological polar surface area (TPSA) is 0 Å². The third-order valence-electron chi connectivity index (χ3n) is 8.33. The largest absolute Gasteiger partial charge is 0.0619 e. The minimum absolute atomic E-state index is 0.482. The lowest BCUT2D eigenvalue weighted by Gasteiger charge is -2.53. The summed E-state index contributed by atoms with van der Waals surface area (Å²) in [6, 6.07) is 2.50. The maximum absolute atomic E-state index is 2.56. The molecule has 1 spiro atoms. The summed E-state index contributed by atoms with van der Waals surface area (Å²) < 4.78 is 0. The summed E-state index contributed by atoms with van der Waals surface area (Å²) in [6.45, 7) is 17.3. The van der Waals surface area contributed by atoms with E-state index in [0.717, 1.165) is 35.5 Å². The third kappa shape index (κ3) is 1.30. The fraction of sp³-hybridized carbons (Fsp3) is 0.714. The minimum atomic E-state index is 0.482. The van der Waals surface area contributed by atoms with Crippen LogP contribution in [0.5, 0.6) is 0 Å². The van der Waals surface area contributed by atoms with Gasteiger partial charge in [0.2, 0.25) is 0 Å². The van der Waals surface area contributed by atoms with Crippen LogP contribution in [-0.4, -0.2) is 0 Å². The highest BCUT2D eigenvalue weighted by Crippen LogP contribution is 2.71. The van der Waals surface area contributed by atoms with Crippen LogP contribution in [0, 0.1) is 50.4 Å². The SMILES string of the molecule is Cc1cc2c(C)c(c1C)C13CC(C(C)C1C)C(C)C3C2C. The highest BCUT2D eigenvalue weighted by molar-refractivity contribution is 5.56. The van der Waals surface area contributed by atoms with Gasteiger partial charge in [-0.3, -0.25) is 0 Å². The number of rotatable bonds is 0. The van der Waals surface area contributed by atoms with Crippen LogP contribution in [0.4, 0.5) is 0 Å². The molecule has 0 saturated heterocycles. The fourth-order valence-corrected chi connectivity index (χ4v) is 7.28. The monoisotopic (exact) mass is 282 g/mol. The van der Waals surface area contributed by atoms with E-state index < -0.39 is 0 Å². The van der Waals surface area contributed by atoms with Gasteiger partial charge >= 0.3 is 0 Å². The average Bonchev–Trinajstić information content (AvgIpc) is 2.86. The Hall–Kier alpha value is -0.780. The van der Waals surface area contributed by atoms with Crippen LogP contribution in [0.2, 0.25) is 0 Å². The minimum Gasteiger partial charge on any atom is -0.0619 e. The summed E-state index contributed by atoms with van der Waals surface area (Å²) in [5.74, 6) is 5.20. The molecule has 2 saturated carbocycles. The molecule has 0 N–H and O–H groups in total. The Balaban J connectivity index is 2.08. The van der Waals surface area contributed by atoms with Gasteiger partial charge in [-0.2, -0.15) is 0 Å². The Morgan fingerprint density at radius 1 is 0.952 bits per heavy atom. The quantitative estimate of drug-likeness (QED) is 0.587. The van der Waals surface area contributed by atoms with E-state index in [9.17, 15) is 0 Å². The van der Waals surface area contributed by atoms with Gasteiger partial charge in [-0.25, -0.2) is 0 Å². The molecular weight excluding hydrogens is 252 g/mol. The molecule has 0 aromatic heterocycles. The Bertz CT molecular complexity index is 625. The molecule has 7 unspecified atom stereocenters. The first kappa shape index (κ1) is 13.9. The Morgan fingerprint density at radius 2 is 1.62 bits per heavy atom. The number of hydrogen-bond acceptors (Lipinski definition) is 0. The fourth-order valence-electron chi connectivity index (χ4n) is 7.28. The van der Waals surface area contributed by atoms with E-state index in [1.54, 1.807) is 22.3 Å². The van der Waals surface area contributed by atoms with E-state index in [2.05, 4.69) is 54.5 Å². The van der Waals surface area contributed by atoms with E-state index in [-0.39, 0.29) is 0 Å². The van der Waals surface area contributed by atoms with Gasteiger partial charge in [-0.15, -0.1) is 0 Å². The van der Waals surface area contributed by atoms with Crippen molar-refractivity contribution in [2.75, 3.05) is 0 Å². The van der Waals surface area contributed by atoms with Crippen molar-refractivity contribution < 1.29 is 0 Å². The van der Waals surface area contributed by atoms with Crippen molar-refractivity contribution in [3.63, 3.8) is 0 Å². The van der Waals surface area contributed by atoms with Gasteiger partial charge < -0.3 is 0 Å². The second kappa shape index (κ2) is 3.94. The first-order chi connectivity index (χ1) is 9.82. The van der Waals surface area contributed by atoms with E-state index in [1.165, 1.54) is 12.0 Å². The number of benzene rings is 1. The van der Waals surface area contributed by atoms with E-state index in [0.29, 0.717) is 5.41 Å². The summed E-state index contributed by atoms with van der Waals surface area (Å²) in [4.78, 5) is 0. The number of hydrogen-bond donors (Lipinski definition) is 0. The molecule has 0 aliphatic heterocycles. The normalized spacial score (nSPS) is 46.8.